The fourth-order valence-electron chi connectivity index (χ4n) is 6.84. The van der Waals surface area contributed by atoms with Gasteiger partial charge in [0, 0.05) is 48.5 Å². The van der Waals surface area contributed by atoms with Gasteiger partial charge in [-0.3, -0.25) is 24.1 Å². The van der Waals surface area contributed by atoms with Crippen LogP contribution < -0.4 is 26.0 Å². The molecule has 7 rings (SSSR count). The molecule has 18 heteroatoms. The number of benzene rings is 1. The Bertz CT molecular complexity index is 2110. The molecule has 1 aromatic carbocycles. The van der Waals surface area contributed by atoms with Crippen molar-refractivity contribution in [1.29, 1.82) is 0 Å². The Hall–Kier alpha value is -5.75. The number of carboxylic acids is 1. The molecule has 0 unspecified atom stereocenters. The molecule has 1 aliphatic carbocycles. The smallest absolute Gasteiger partial charge is 0.286 e. The summed E-state index contributed by atoms with van der Waals surface area (Å²) >= 11 is 2.39. The number of aliphatic carboxylic acids is 1. The van der Waals surface area contributed by atoms with Gasteiger partial charge in [-0.05, 0) is 67.0 Å². The number of fused-ring (bicyclic) bond motifs is 1. The average Bonchev–Trinajstić information content (AvgIpc) is 3.93. The van der Waals surface area contributed by atoms with E-state index in [1.54, 1.807) is 51.5 Å². The number of aromatic hydroxyl groups is 1. The molecule has 16 nitrogen and oxygen atoms in total. The molecule has 286 valence electrons. The van der Waals surface area contributed by atoms with E-state index in [4.69, 9.17) is 10.6 Å². The van der Waals surface area contributed by atoms with E-state index < -0.39 is 29.2 Å². The molecule has 2 aromatic heterocycles. The van der Waals surface area contributed by atoms with Crippen LogP contribution in [0.4, 0.5) is 5.13 Å². The molecule has 3 aliphatic heterocycles. The topological polar surface area (TPSA) is 224 Å². The van der Waals surface area contributed by atoms with Crippen molar-refractivity contribution >= 4 is 63.5 Å². The van der Waals surface area contributed by atoms with Crippen molar-refractivity contribution in [2.45, 2.75) is 69.3 Å². The van der Waals surface area contributed by atoms with Crippen LogP contribution in [0.15, 0.2) is 82.2 Å². The lowest BCUT2D eigenvalue weighted by Crippen LogP contribution is -2.71. The van der Waals surface area contributed by atoms with Crippen molar-refractivity contribution in [2.75, 3.05) is 18.0 Å². The fourth-order valence-corrected chi connectivity index (χ4v) is 8.70. The molecule has 1 saturated carbocycles. The molecule has 0 radical (unpaired) electrons. The first kappa shape index (κ1) is 37.6. The highest BCUT2D eigenvalue weighted by Crippen LogP contribution is 2.41. The number of carbonyl (C=O) groups excluding carboxylic acids is 5. The Balaban J connectivity index is 0.965. The second kappa shape index (κ2) is 16.3. The van der Waals surface area contributed by atoms with Crippen LogP contribution in [0.5, 0.6) is 5.75 Å². The number of thioether (sulfide) groups is 1. The number of amides is 4. The number of aromatic nitrogens is 2. The van der Waals surface area contributed by atoms with E-state index in [0.717, 1.165) is 53.0 Å². The van der Waals surface area contributed by atoms with E-state index >= 15 is 0 Å². The Labute approximate surface area is 323 Å². The zero-order valence-electron chi connectivity index (χ0n) is 29.5. The summed E-state index contributed by atoms with van der Waals surface area (Å²) in [4.78, 5) is 77.7. The zero-order chi connectivity index (χ0) is 38.6. The van der Waals surface area contributed by atoms with Crippen LogP contribution in [0, 0.1) is 0 Å². The third kappa shape index (κ3) is 8.49. The Morgan fingerprint density at radius 2 is 1.93 bits per heavy atom. The molecule has 2 saturated heterocycles. The number of allylic oxidation sites excluding steroid dienone is 1. The van der Waals surface area contributed by atoms with Gasteiger partial charge in [0.2, 0.25) is 12.5 Å². The molecule has 2 atom stereocenters. The van der Waals surface area contributed by atoms with Crippen LogP contribution in [0.3, 0.4) is 0 Å². The lowest BCUT2D eigenvalue weighted by Gasteiger charge is -2.50. The van der Waals surface area contributed by atoms with Crippen LogP contribution >= 0.6 is 23.1 Å². The Kier molecular flexibility index (Phi) is 11.1. The molecular weight excluding hydrogens is 749 g/mol. The maximum atomic E-state index is 13.4. The number of nitrogens with zero attached hydrogens (tertiary/aromatic N) is 5. The van der Waals surface area contributed by atoms with Crippen molar-refractivity contribution in [3.8, 4) is 5.75 Å². The molecule has 5 heterocycles. The third-order valence-electron chi connectivity index (χ3n) is 9.67. The number of phenolic OH excluding ortho intramolecular Hbond substituents is 1. The molecule has 4 amide bonds. The largest absolute Gasteiger partial charge is 0.543 e. The van der Waals surface area contributed by atoms with Crippen LogP contribution in [-0.2, 0) is 48.4 Å². The normalized spacial score (nSPS) is 20.8. The van der Waals surface area contributed by atoms with E-state index in [2.05, 4.69) is 20.8 Å². The van der Waals surface area contributed by atoms with Gasteiger partial charge < -0.3 is 41.1 Å². The van der Waals surface area contributed by atoms with Crippen molar-refractivity contribution < 1.29 is 43.6 Å². The summed E-state index contributed by atoms with van der Waals surface area (Å²) in [5, 5.41) is 32.7. The minimum absolute atomic E-state index is 0.0861. The number of carbonyl (C=O) groups is 5. The van der Waals surface area contributed by atoms with E-state index in [1.807, 2.05) is 12.1 Å². The highest BCUT2D eigenvalue weighted by atomic mass is 32.2. The fraction of sp³-hybridized carbons (Fsp3) is 0.351. The van der Waals surface area contributed by atoms with Gasteiger partial charge in [-0.15, -0.1) is 23.1 Å². The first-order valence-corrected chi connectivity index (χ1v) is 19.6. The second-order valence-corrected chi connectivity index (χ2v) is 15.5. The summed E-state index contributed by atoms with van der Waals surface area (Å²) < 4.78 is 1.71. The number of carboxylic acid groups (broad SMARTS) is 1. The molecule has 5 N–H and O–H groups in total. The van der Waals surface area contributed by atoms with Crippen LogP contribution in [-0.4, -0.2) is 85.0 Å². The van der Waals surface area contributed by atoms with E-state index in [9.17, 15) is 34.2 Å². The molecule has 3 fully saturated rings. The van der Waals surface area contributed by atoms with Gasteiger partial charge in [0.1, 0.15) is 29.0 Å². The second-order valence-electron chi connectivity index (χ2n) is 13.5. The first-order valence-electron chi connectivity index (χ1n) is 17.7. The number of phenols is 1. The summed E-state index contributed by atoms with van der Waals surface area (Å²) in [6, 6.07) is 9.25. The maximum absolute atomic E-state index is 13.4. The minimum Gasteiger partial charge on any atom is -0.543 e. The number of hydrogen-bond donors (Lipinski definition) is 4. The van der Waals surface area contributed by atoms with Gasteiger partial charge in [0.15, 0.2) is 23.2 Å². The maximum Gasteiger partial charge on any atom is 0.286 e. The number of anilines is 1. The number of rotatable bonds is 13. The molecular formula is C37H38N8O8S2. The van der Waals surface area contributed by atoms with Crippen LogP contribution in [0.25, 0.3) is 0 Å². The van der Waals surface area contributed by atoms with Gasteiger partial charge in [0.25, 0.3) is 17.7 Å². The first-order chi connectivity index (χ1) is 26.5. The lowest BCUT2D eigenvalue weighted by atomic mass is 10.0. The van der Waals surface area contributed by atoms with Crippen LogP contribution in [0.1, 0.15) is 48.9 Å². The molecule has 0 bridgehead atoms. The molecule has 55 heavy (non-hydrogen) atoms. The summed E-state index contributed by atoms with van der Waals surface area (Å²) in [5.74, 6) is -3.07. The van der Waals surface area contributed by atoms with Gasteiger partial charge in [-0.25, -0.2) is 4.98 Å². The van der Waals surface area contributed by atoms with Gasteiger partial charge >= 0.3 is 0 Å². The average molecular weight is 787 g/mol. The van der Waals surface area contributed by atoms with Gasteiger partial charge in [-0.2, -0.15) is 4.57 Å². The predicted molar refractivity (Wildman–Crippen MR) is 198 cm³/mol. The summed E-state index contributed by atoms with van der Waals surface area (Å²) in [5.41, 5.74) is 7.84. The molecule has 3 aromatic rings. The SMILES string of the molecule is Nc1nc(C(=NOC2CCCC2)C(=O)N[C@@H]2C(=O)N3C(C(=O)[O-])=C(C=C4CCN(Cc5cc[n+](CC(=O)NCc6cccc(O)c6)cc5)C4=O)CS[C@H]23)cs1. The Morgan fingerprint density at radius 3 is 2.64 bits per heavy atom. The minimum atomic E-state index is -1.56. The van der Waals surface area contributed by atoms with Crippen molar-refractivity contribution in [1.82, 2.24) is 25.4 Å². The van der Waals surface area contributed by atoms with E-state index in [-0.39, 0.29) is 70.3 Å². The van der Waals surface area contributed by atoms with E-state index in [1.165, 1.54) is 17.8 Å². The predicted octanol–water partition coefficient (Wildman–Crippen LogP) is 0.461. The van der Waals surface area contributed by atoms with Crippen molar-refractivity contribution in [2.24, 2.45) is 5.16 Å². The number of nitrogen functional groups attached to an aromatic ring is 1. The number of oxime groups is 1. The quantitative estimate of drug-likeness (QED) is 0.0613. The van der Waals surface area contributed by atoms with Crippen LogP contribution in [0.2, 0.25) is 0 Å². The number of likely N-dealkylation sites (tertiary alicyclic amines) is 1. The zero-order valence-corrected chi connectivity index (χ0v) is 31.1. The number of β-lactam (4-membered cyclic amide) rings is 1. The summed E-state index contributed by atoms with van der Waals surface area (Å²) in [6.07, 6.45) is 8.90. The highest BCUT2D eigenvalue weighted by Gasteiger charge is 2.53. The summed E-state index contributed by atoms with van der Waals surface area (Å²) in [7, 11) is 0. The summed E-state index contributed by atoms with van der Waals surface area (Å²) in [6.45, 7) is 1.09. The number of nitrogens with two attached hydrogens (primary N) is 1. The number of hydrogen-bond acceptors (Lipinski definition) is 13. The highest BCUT2D eigenvalue weighted by molar-refractivity contribution is 8.00. The van der Waals surface area contributed by atoms with Crippen molar-refractivity contribution in [3.05, 3.63) is 93.9 Å². The van der Waals surface area contributed by atoms with Gasteiger partial charge in [0.05, 0.1) is 11.7 Å². The standard InChI is InChI=1S/C37H38N8O8S2/c38-37-40-27(20-55-37)29(42-53-26-6-1-2-7-26)32(48)41-30-34(50)45-31(36(51)52)24(19-54-35(30)45)15-23-10-13-44(33(23)49)17-21-8-11-43(12-9-21)18-28(47)39-16-22-4-3-5-25(46)14-22/h3-5,8-9,11-12,14-15,20,26,30,35H,1-2,6-7,10,13,16-19H2,(H5-,38,39,40,41,46,47,48,51,52)/t30-,35-/m1/s1. The number of thiazole rings is 1. The molecule has 0 spiro atoms. The third-order valence-corrected chi connectivity index (χ3v) is 11.7. The lowest BCUT2D eigenvalue weighted by molar-refractivity contribution is -0.684. The van der Waals surface area contributed by atoms with E-state index in [0.29, 0.717) is 25.1 Å². The molecule has 4 aliphatic rings. The van der Waals surface area contributed by atoms with Crippen molar-refractivity contribution in [3.63, 3.8) is 0 Å². The monoisotopic (exact) mass is 786 g/mol. The number of nitrogens with one attached hydrogen (secondary N) is 2. The number of pyridine rings is 1. The van der Waals surface area contributed by atoms with Gasteiger partial charge in [-0.1, -0.05) is 17.3 Å². The Morgan fingerprint density at radius 1 is 1.15 bits per heavy atom.